The number of alkyl halides is 3. The van der Waals surface area contributed by atoms with E-state index in [1.807, 2.05) is 24.3 Å². The third-order valence-corrected chi connectivity index (χ3v) is 5.74. The zero-order valence-corrected chi connectivity index (χ0v) is 18.0. The number of hydrogen-bond donors (Lipinski definition) is 0. The SMILES string of the molecule is CCCCCCCCCCn1cc(C(=O)c2cccc(C(F)(F)F)c2)c2ccccc21. The molecule has 0 N–H and O–H groups in total. The first-order chi connectivity index (χ1) is 14.9. The van der Waals surface area contributed by atoms with E-state index in [2.05, 4.69) is 11.5 Å². The number of ketones is 1. The van der Waals surface area contributed by atoms with Crippen LogP contribution in [0.25, 0.3) is 10.9 Å². The van der Waals surface area contributed by atoms with Crippen LogP contribution in [0, 0.1) is 0 Å². The lowest BCUT2D eigenvalue weighted by atomic mass is 10.0. The van der Waals surface area contributed by atoms with Crippen molar-refractivity contribution in [1.82, 2.24) is 4.57 Å². The zero-order valence-electron chi connectivity index (χ0n) is 18.0. The van der Waals surface area contributed by atoms with Crippen molar-refractivity contribution >= 4 is 16.7 Å². The maximum Gasteiger partial charge on any atom is 0.416 e. The van der Waals surface area contributed by atoms with E-state index in [9.17, 15) is 18.0 Å². The van der Waals surface area contributed by atoms with E-state index in [4.69, 9.17) is 0 Å². The van der Waals surface area contributed by atoms with Crippen LogP contribution in [0.3, 0.4) is 0 Å². The van der Waals surface area contributed by atoms with Gasteiger partial charge in [0.15, 0.2) is 5.78 Å². The molecule has 0 aliphatic rings. The molecule has 3 aromatic rings. The number of carbonyl (C=O) groups is 1. The van der Waals surface area contributed by atoms with Crippen molar-refractivity contribution in [3.8, 4) is 0 Å². The average molecular weight is 430 g/mol. The zero-order chi connectivity index (χ0) is 22.3. The third-order valence-electron chi connectivity index (χ3n) is 5.74. The number of aryl methyl sites for hydroxylation is 1. The van der Waals surface area contributed by atoms with Crippen molar-refractivity contribution < 1.29 is 18.0 Å². The Morgan fingerprint density at radius 2 is 1.55 bits per heavy atom. The Balaban J connectivity index is 1.72. The normalized spacial score (nSPS) is 11.9. The Labute approximate surface area is 182 Å². The standard InChI is InChI=1S/C26H30F3NO/c1-2-3-4-5-6-7-8-11-17-30-19-23(22-15-9-10-16-24(22)30)25(31)20-13-12-14-21(18-20)26(27,28)29/h9-10,12-16,18-19H,2-8,11,17H2,1H3. The highest BCUT2D eigenvalue weighted by Crippen LogP contribution is 2.31. The number of aromatic nitrogens is 1. The van der Waals surface area contributed by atoms with Gasteiger partial charge in [0.2, 0.25) is 0 Å². The minimum atomic E-state index is -4.47. The number of benzene rings is 2. The molecule has 1 heterocycles. The van der Waals surface area contributed by atoms with Crippen LogP contribution >= 0.6 is 0 Å². The summed E-state index contributed by atoms with van der Waals surface area (Å²) in [6.45, 7) is 3.01. The molecule has 0 saturated carbocycles. The molecular weight excluding hydrogens is 399 g/mol. The number of hydrogen-bond acceptors (Lipinski definition) is 1. The number of para-hydroxylation sites is 1. The summed E-state index contributed by atoms with van der Waals surface area (Å²) >= 11 is 0. The molecule has 31 heavy (non-hydrogen) atoms. The summed E-state index contributed by atoms with van der Waals surface area (Å²) in [5, 5.41) is 0.782. The molecule has 0 fully saturated rings. The highest BCUT2D eigenvalue weighted by Gasteiger charge is 2.31. The largest absolute Gasteiger partial charge is 0.416 e. The molecule has 1 aromatic heterocycles. The predicted octanol–water partition coefficient (Wildman–Crippen LogP) is 8.03. The monoisotopic (exact) mass is 429 g/mol. The first-order valence-corrected chi connectivity index (χ1v) is 11.2. The maximum absolute atomic E-state index is 13.1. The van der Waals surface area contributed by atoms with Gasteiger partial charge in [0, 0.05) is 34.8 Å². The molecular formula is C26H30F3NO. The van der Waals surface area contributed by atoms with Gasteiger partial charge in [0.1, 0.15) is 0 Å². The van der Waals surface area contributed by atoms with Gasteiger partial charge in [-0.05, 0) is 24.6 Å². The first kappa shape index (κ1) is 23.1. The molecule has 0 aliphatic carbocycles. The van der Waals surface area contributed by atoms with Gasteiger partial charge in [-0.15, -0.1) is 0 Å². The summed E-state index contributed by atoms with van der Waals surface area (Å²) in [6, 6.07) is 12.3. The lowest BCUT2D eigenvalue weighted by Gasteiger charge is -2.08. The summed E-state index contributed by atoms with van der Waals surface area (Å²) in [5.41, 5.74) is 0.654. The van der Waals surface area contributed by atoms with Crippen molar-refractivity contribution in [3.05, 3.63) is 71.4 Å². The van der Waals surface area contributed by atoms with Crippen LogP contribution in [0.5, 0.6) is 0 Å². The molecule has 0 atom stereocenters. The molecule has 0 unspecified atom stereocenters. The van der Waals surface area contributed by atoms with E-state index >= 15 is 0 Å². The summed E-state index contributed by atoms with van der Waals surface area (Å²) in [6.07, 6.45) is 7.09. The van der Waals surface area contributed by atoms with E-state index in [0.29, 0.717) is 5.56 Å². The minimum absolute atomic E-state index is 0.0600. The molecule has 2 aromatic carbocycles. The van der Waals surface area contributed by atoms with Crippen molar-refractivity contribution in [3.63, 3.8) is 0 Å². The summed E-state index contributed by atoms with van der Waals surface area (Å²) in [7, 11) is 0. The van der Waals surface area contributed by atoms with Crippen molar-refractivity contribution in [2.24, 2.45) is 0 Å². The number of fused-ring (bicyclic) bond motifs is 1. The molecule has 0 spiro atoms. The van der Waals surface area contributed by atoms with Crippen LogP contribution < -0.4 is 0 Å². The summed E-state index contributed by atoms with van der Waals surface area (Å²) < 4.78 is 41.3. The van der Waals surface area contributed by atoms with E-state index < -0.39 is 11.7 Å². The number of rotatable bonds is 11. The second-order valence-corrected chi connectivity index (χ2v) is 8.14. The fourth-order valence-corrected chi connectivity index (χ4v) is 4.02. The van der Waals surface area contributed by atoms with E-state index in [0.717, 1.165) is 42.4 Å². The predicted molar refractivity (Wildman–Crippen MR) is 119 cm³/mol. The lowest BCUT2D eigenvalue weighted by molar-refractivity contribution is -0.137. The second-order valence-electron chi connectivity index (χ2n) is 8.14. The van der Waals surface area contributed by atoms with Crippen LogP contribution in [0.1, 0.15) is 79.8 Å². The second kappa shape index (κ2) is 10.7. The fraction of sp³-hybridized carbons (Fsp3) is 0.423. The van der Waals surface area contributed by atoms with E-state index in [-0.39, 0.29) is 11.3 Å². The van der Waals surface area contributed by atoms with Gasteiger partial charge in [-0.3, -0.25) is 4.79 Å². The number of halogens is 3. The molecule has 0 saturated heterocycles. The van der Waals surface area contributed by atoms with Crippen LogP contribution in [-0.4, -0.2) is 10.4 Å². The Morgan fingerprint density at radius 1 is 0.871 bits per heavy atom. The number of unbranched alkanes of at least 4 members (excludes halogenated alkanes) is 7. The quantitative estimate of drug-likeness (QED) is 0.223. The summed E-state index contributed by atoms with van der Waals surface area (Å²) in [5.74, 6) is -0.378. The highest BCUT2D eigenvalue weighted by molar-refractivity contribution is 6.16. The number of carbonyl (C=O) groups excluding carboxylic acids is 1. The van der Waals surface area contributed by atoms with Gasteiger partial charge in [-0.2, -0.15) is 13.2 Å². The third kappa shape index (κ3) is 5.99. The van der Waals surface area contributed by atoms with Gasteiger partial charge in [-0.1, -0.05) is 82.2 Å². The van der Waals surface area contributed by atoms with Crippen LogP contribution in [0.2, 0.25) is 0 Å². The van der Waals surface area contributed by atoms with E-state index in [1.54, 1.807) is 6.20 Å². The molecule has 166 valence electrons. The van der Waals surface area contributed by atoms with Crippen molar-refractivity contribution in [2.75, 3.05) is 0 Å². The van der Waals surface area contributed by atoms with Crippen molar-refractivity contribution in [1.29, 1.82) is 0 Å². The Bertz CT molecular complexity index is 1000. The summed E-state index contributed by atoms with van der Waals surface area (Å²) in [4.78, 5) is 13.1. The van der Waals surface area contributed by atoms with Crippen molar-refractivity contribution in [2.45, 2.75) is 71.0 Å². The molecule has 3 rings (SSSR count). The Hall–Kier alpha value is -2.56. The van der Waals surface area contributed by atoms with Gasteiger partial charge in [0.25, 0.3) is 0 Å². The fourth-order valence-electron chi connectivity index (χ4n) is 4.02. The Kier molecular flexibility index (Phi) is 7.94. The van der Waals surface area contributed by atoms with Gasteiger partial charge in [0.05, 0.1) is 5.56 Å². The molecule has 5 heteroatoms. The van der Waals surface area contributed by atoms with E-state index in [1.165, 1.54) is 50.7 Å². The number of nitrogens with zero attached hydrogens (tertiary/aromatic N) is 1. The molecule has 0 aliphatic heterocycles. The van der Waals surface area contributed by atoms with Gasteiger partial charge in [-0.25, -0.2) is 0 Å². The van der Waals surface area contributed by atoms with Gasteiger partial charge >= 0.3 is 6.18 Å². The average Bonchev–Trinajstić information content (AvgIpc) is 3.13. The maximum atomic E-state index is 13.1. The topological polar surface area (TPSA) is 22.0 Å². The van der Waals surface area contributed by atoms with Crippen LogP contribution in [0.15, 0.2) is 54.7 Å². The molecule has 0 radical (unpaired) electrons. The van der Waals surface area contributed by atoms with Crippen LogP contribution in [0.4, 0.5) is 13.2 Å². The smallest absolute Gasteiger partial charge is 0.347 e. The van der Waals surface area contributed by atoms with Gasteiger partial charge < -0.3 is 4.57 Å². The Morgan fingerprint density at radius 3 is 2.26 bits per heavy atom. The first-order valence-electron chi connectivity index (χ1n) is 11.2. The van der Waals surface area contributed by atoms with Crippen LogP contribution in [-0.2, 0) is 12.7 Å². The molecule has 0 bridgehead atoms. The molecule has 2 nitrogen and oxygen atoms in total. The lowest BCUT2D eigenvalue weighted by Crippen LogP contribution is -2.08. The highest BCUT2D eigenvalue weighted by atomic mass is 19.4. The minimum Gasteiger partial charge on any atom is -0.347 e. The molecule has 0 amide bonds.